The van der Waals surface area contributed by atoms with E-state index in [2.05, 4.69) is 4.98 Å². The number of rotatable bonds is 4. The maximum absolute atomic E-state index is 13.4. The van der Waals surface area contributed by atoms with Crippen LogP contribution in [0.25, 0.3) is 11.0 Å². The second-order valence-electron chi connectivity index (χ2n) is 7.47. The van der Waals surface area contributed by atoms with Gasteiger partial charge in [-0.25, -0.2) is 4.39 Å². The molecule has 0 aliphatic carbocycles. The van der Waals surface area contributed by atoms with E-state index in [1.165, 1.54) is 37.4 Å². The molecule has 1 aromatic carbocycles. The fourth-order valence-corrected chi connectivity index (χ4v) is 3.69. The van der Waals surface area contributed by atoms with E-state index in [-0.39, 0.29) is 23.2 Å². The number of aromatic hydroxyl groups is 1. The molecular formula is C22H21FN4O5. The molecule has 10 heteroatoms. The summed E-state index contributed by atoms with van der Waals surface area (Å²) in [7, 11) is 0. The molecule has 9 nitrogen and oxygen atoms in total. The maximum atomic E-state index is 13.4. The standard InChI is InChI=1S/C22H21FN4O5/c1-22(21(31)25-3)10-27-16-15(17(28)14(20(27)30)19(29)24-2)26-9-12(18(16)32-22)8-11-4-6-13(23)7-5-11/h4-7,9,28H,8,10H2,1-3H3,(H,24,29)(H,25,31)/t22-/m1/s1/i2D3,3D3. The molecular weight excluding hydrogens is 419 g/mol. The molecule has 32 heavy (non-hydrogen) atoms. The predicted molar refractivity (Wildman–Crippen MR) is 113 cm³/mol. The quantitative estimate of drug-likeness (QED) is 0.552. The highest BCUT2D eigenvalue weighted by molar-refractivity contribution is 6.02. The van der Waals surface area contributed by atoms with Crippen LogP contribution < -0.4 is 20.9 Å². The van der Waals surface area contributed by atoms with Gasteiger partial charge in [0.05, 0.1) is 6.54 Å². The predicted octanol–water partition coefficient (Wildman–Crippen LogP) is 1.09. The summed E-state index contributed by atoms with van der Waals surface area (Å²) in [6.45, 7) is -5.25. The van der Waals surface area contributed by atoms with Crippen molar-refractivity contribution in [3.8, 4) is 11.5 Å². The highest BCUT2D eigenvalue weighted by atomic mass is 19.1. The number of carbonyl (C=O) groups is 2. The van der Waals surface area contributed by atoms with Gasteiger partial charge in [-0.15, -0.1) is 0 Å². The fraction of sp³-hybridized carbons (Fsp3) is 0.273. The first kappa shape index (κ1) is 15.0. The monoisotopic (exact) mass is 446 g/mol. The zero-order valence-electron chi connectivity index (χ0n) is 22.7. The van der Waals surface area contributed by atoms with Crippen LogP contribution in [0, 0.1) is 5.82 Å². The van der Waals surface area contributed by atoms with Crippen molar-refractivity contribution < 1.29 is 32.0 Å². The molecule has 0 bridgehead atoms. The zero-order valence-corrected chi connectivity index (χ0v) is 16.7. The number of pyridine rings is 2. The van der Waals surface area contributed by atoms with Crippen LogP contribution in [0.15, 0.2) is 35.3 Å². The molecule has 3 N–H and O–H groups in total. The van der Waals surface area contributed by atoms with Crippen molar-refractivity contribution in [1.29, 1.82) is 0 Å². The van der Waals surface area contributed by atoms with Gasteiger partial charge in [0.2, 0.25) is 5.60 Å². The number of hydrogen-bond donors (Lipinski definition) is 3. The minimum absolute atomic E-state index is 0.0752. The largest absolute Gasteiger partial charge is 0.505 e. The molecule has 2 aromatic heterocycles. The molecule has 1 atom stereocenters. The highest BCUT2D eigenvalue weighted by Crippen LogP contribution is 2.40. The van der Waals surface area contributed by atoms with Crippen LogP contribution in [0.3, 0.4) is 0 Å². The minimum atomic E-state index is -2.98. The van der Waals surface area contributed by atoms with Crippen LogP contribution in [-0.2, 0) is 17.8 Å². The Morgan fingerprint density at radius 1 is 1.31 bits per heavy atom. The minimum Gasteiger partial charge on any atom is -0.505 e. The van der Waals surface area contributed by atoms with Crippen LogP contribution in [-0.4, -0.2) is 46.0 Å². The third-order valence-electron chi connectivity index (χ3n) is 5.30. The van der Waals surface area contributed by atoms with Gasteiger partial charge in [-0.1, -0.05) is 12.1 Å². The number of carbonyl (C=O) groups excluding carboxylic acids is 2. The Balaban J connectivity index is 1.96. The Bertz CT molecular complexity index is 1520. The lowest BCUT2D eigenvalue weighted by Crippen LogP contribution is -2.54. The van der Waals surface area contributed by atoms with Gasteiger partial charge >= 0.3 is 0 Å². The summed E-state index contributed by atoms with van der Waals surface area (Å²) in [5, 5.41) is 14.3. The van der Waals surface area contributed by atoms with E-state index in [9.17, 15) is 23.9 Å². The van der Waals surface area contributed by atoms with E-state index >= 15 is 0 Å². The Morgan fingerprint density at radius 2 is 2.03 bits per heavy atom. The number of nitrogens with zero attached hydrogens (tertiary/aromatic N) is 2. The van der Waals surface area contributed by atoms with Crippen LogP contribution >= 0.6 is 0 Å². The zero-order chi connectivity index (χ0) is 28.2. The lowest BCUT2D eigenvalue weighted by atomic mass is 9.98. The van der Waals surface area contributed by atoms with E-state index in [0.29, 0.717) is 11.1 Å². The summed E-state index contributed by atoms with van der Waals surface area (Å²) in [5.74, 6) is -3.99. The normalized spacial score (nSPS) is 20.6. The van der Waals surface area contributed by atoms with Gasteiger partial charge in [0.1, 0.15) is 22.4 Å². The van der Waals surface area contributed by atoms with Crippen molar-refractivity contribution >= 4 is 22.8 Å². The average Bonchev–Trinajstić information content (AvgIpc) is 2.77. The first-order valence-corrected chi connectivity index (χ1v) is 9.35. The number of ether oxygens (including phenoxy) is 1. The Hall–Kier alpha value is -3.95. The molecule has 4 rings (SSSR count). The summed E-state index contributed by atoms with van der Waals surface area (Å²) in [6.07, 6.45) is 1.32. The molecule has 0 spiro atoms. The summed E-state index contributed by atoms with van der Waals surface area (Å²) in [4.78, 5) is 43.2. The van der Waals surface area contributed by atoms with Crippen LogP contribution in [0.2, 0.25) is 0 Å². The maximum Gasteiger partial charge on any atom is 0.268 e. The number of halogens is 1. The first-order chi connectivity index (χ1) is 17.5. The number of amides is 2. The van der Waals surface area contributed by atoms with E-state index in [1.807, 2.05) is 5.32 Å². The van der Waals surface area contributed by atoms with Crippen molar-refractivity contribution in [2.75, 3.05) is 14.0 Å². The summed E-state index contributed by atoms with van der Waals surface area (Å²) >= 11 is 0. The van der Waals surface area contributed by atoms with Crippen molar-refractivity contribution in [2.24, 2.45) is 0 Å². The number of likely N-dealkylation sites (N-methyl/N-ethyl adjacent to an activating group) is 1. The molecule has 2 amide bonds. The third-order valence-corrected chi connectivity index (χ3v) is 5.30. The van der Waals surface area contributed by atoms with E-state index < -0.39 is 60.6 Å². The van der Waals surface area contributed by atoms with Crippen molar-refractivity contribution in [1.82, 2.24) is 20.2 Å². The molecule has 0 radical (unpaired) electrons. The molecule has 3 heterocycles. The van der Waals surface area contributed by atoms with Gasteiger partial charge < -0.3 is 20.5 Å². The Labute approximate surface area is 190 Å². The third kappa shape index (κ3) is 3.24. The summed E-state index contributed by atoms with van der Waals surface area (Å²) < 4.78 is 64.2. The summed E-state index contributed by atoms with van der Waals surface area (Å²) in [6, 6.07) is 5.42. The second-order valence-corrected chi connectivity index (χ2v) is 7.47. The topological polar surface area (TPSA) is 123 Å². The smallest absolute Gasteiger partial charge is 0.268 e. The van der Waals surface area contributed by atoms with Crippen LogP contribution in [0.5, 0.6) is 11.5 Å². The fourth-order valence-electron chi connectivity index (χ4n) is 3.69. The lowest BCUT2D eigenvalue weighted by Gasteiger charge is -2.36. The van der Waals surface area contributed by atoms with Crippen LogP contribution in [0.4, 0.5) is 4.39 Å². The van der Waals surface area contributed by atoms with E-state index in [1.54, 1.807) is 5.32 Å². The molecule has 1 aliphatic rings. The Kier molecular flexibility index (Phi) is 3.56. The summed E-state index contributed by atoms with van der Waals surface area (Å²) in [5.41, 5.74) is -3.59. The number of nitrogens with one attached hydrogen (secondary N) is 2. The molecule has 166 valence electrons. The van der Waals surface area contributed by atoms with Crippen molar-refractivity contribution in [2.45, 2.75) is 25.5 Å². The molecule has 0 saturated carbocycles. The van der Waals surface area contributed by atoms with Crippen molar-refractivity contribution in [3.63, 3.8) is 0 Å². The second kappa shape index (κ2) is 7.63. The molecule has 1 aliphatic heterocycles. The van der Waals surface area contributed by atoms with Gasteiger partial charge in [0.25, 0.3) is 17.4 Å². The average molecular weight is 446 g/mol. The number of aromatic nitrogens is 2. The molecule has 0 saturated heterocycles. The first-order valence-electron chi connectivity index (χ1n) is 12.3. The van der Waals surface area contributed by atoms with Gasteiger partial charge in [-0.3, -0.25) is 23.9 Å². The number of hydrogen-bond acceptors (Lipinski definition) is 6. The van der Waals surface area contributed by atoms with Gasteiger partial charge in [-0.05, 0) is 24.6 Å². The highest BCUT2D eigenvalue weighted by Gasteiger charge is 2.42. The van der Waals surface area contributed by atoms with E-state index in [0.717, 1.165) is 4.57 Å². The van der Waals surface area contributed by atoms with Gasteiger partial charge in [0, 0.05) is 40.4 Å². The van der Waals surface area contributed by atoms with Gasteiger partial charge in [-0.2, -0.15) is 0 Å². The molecule has 0 unspecified atom stereocenters. The lowest BCUT2D eigenvalue weighted by molar-refractivity contribution is -0.136. The molecule has 3 aromatic rings. The Morgan fingerprint density at radius 3 is 2.72 bits per heavy atom. The number of benzene rings is 1. The van der Waals surface area contributed by atoms with Gasteiger partial charge in [0.15, 0.2) is 11.5 Å². The van der Waals surface area contributed by atoms with Crippen LogP contribution in [0.1, 0.15) is 36.6 Å². The SMILES string of the molecule is [2H]C([2H])([2H])NC(=O)c1c(O)c2ncc(Cc3ccc(F)cc3)c3c2n(c1=O)C[C@](C)(C(=O)NC([2H])([2H])[2H])O3. The molecule has 0 fully saturated rings. The van der Waals surface area contributed by atoms with Crippen molar-refractivity contribution in [3.05, 3.63) is 63.3 Å². The van der Waals surface area contributed by atoms with E-state index in [4.69, 9.17) is 13.0 Å².